The van der Waals surface area contributed by atoms with Gasteiger partial charge in [-0.3, -0.25) is 4.79 Å². The molecule has 2 rings (SSSR count). The molecule has 0 saturated carbocycles. The highest BCUT2D eigenvalue weighted by atomic mass is 16.5. The molecule has 0 spiro atoms. The van der Waals surface area contributed by atoms with Crippen LogP contribution >= 0.6 is 0 Å². The van der Waals surface area contributed by atoms with Gasteiger partial charge in [0.05, 0.1) is 18.6 Å². The van der Waals surface area contributed by atoms with Crippen LogP contribution < -0.4 is 4.74 Å². The first kappa shape index (κ1) is 15.4. The van der Waals surface area contributed by atoms with E-state index in [9.17, 15) is 10.1 Å². The average molecular weight is 286 g/mol. The minimum Gasteiger partial charge on any atom is -0.497 e. The smallest absolute Gasteiger partial charge is 0.222 e. The number of benzene rings is 1. The molecule has 0 unspecified atom stereocenters. The zero-order chi connectivity index (χ0) is 15.3. The predicted octanol–water partition coefficient (Wildman–Crippen LogP) is 2.78. The second-order valence-corrected chi connectivity index (χ2v) is 5.94. The van der Waals surface area contributed by atoms with Gasteiger partial charge >= 0.3 is 0 Å². The van der Waals surface area contributed by atoms with Crippen molar-refractivity contribution < 1.29 is 9.53 Å². The van der Waals surface area contributed by atoms with Crippen molar-refractivity contribution in [2.45, 2.75) is 32.6 Å². The number of amides is 1. The van der Waals surface area contributed by atoms with Crippen molar-refractivity contribution >= 4 is 5.91 Å². The fourth-order valence-electron chi connectivity index (χ4n) is 2.78. The number of likely N-dealkylation sites (tertiary alicyclic amines) is 1. The van der Waals surface area contributed by atoms with Crippen LogP contribution in [-0.4, -0.2) is 31.0 Å². The van der Waals surface area contributed by atoms with Crippen molar-refractivity contribution in [3.8, 4) is 11.8 Å². The molecular formula is C17H22N2O2. The van der Waals surface area contributed by atoms with Gasteiger partial charge in [0.1, 0.15) is 5.75 Å². The summed E-state index contributed by atoms with van der Waals surface area (Å²) in [6, 6.07) is 10.1. The molecule has 1 aromatic carbocycles. The van der Waals surface area contributed by atoms with Crippen molar-refractivity contribution in [3.05, 3.63) is 29.8 Å². The van der Waals surface area contributed by atoms with Gasteiger partial charge in [0, 0.05) is 19.5 Å². The number of aryl methyl sites for hydroxylation is 1. The van der Waals surface area contributed by atoms with Crippen molar-refractivity contribution in [2.24, 2.45) is 5.41 Å². The largest absolute Gasteiger partial charge is 0.497 e. The Morgan fingerprint density at radius 3 is 3.05 bits per heavy atom. The Kier molecular flexibility index (Phi) is 4.85. The fraction of sp³-hybridized carbons (Fsp3) is 0.529. The lowest BCUT2D eigenvalue weighted by Crippen LogP contribution is -2.44. The summed E-state index contributed by atoms with van der Waals surface area (Å²) in [6.45, 7) is 3.27. The maximum absolute atomic E-state index is 12.3. The third-order valence-electron chi connectivity index (χ3n) is 4.08. The van der Waals surface area contributed by atoms with Gasteiger partial charge in [-0.1, -0.05) is 12.1 Å². The molecule has 0 bridgehead atoms. The predicted molar refractivity (Wildman–Crippen MR) is 80.8 cm³/mol. The number of nitrogens with zero attached hydrogens (tertiary/aromatic N) is 2. The van der Waals surface area contributed by atoms with E-state index >= 15 is 0 Å². The van der Waals surface area contributed by atoms with Gasteiger partial charge in [-0.2, -0.15) is 5.26 Å². The third kappa shape index (κ3) is 3.98. The fourth-order valence-corrected chi connectivity index (χ4v) is 2.78. The molecule has 1 amide bonds. The molecule has 1 aliphatic heterocycles. The highest BCUT2D eigenvalue weighted by Gasteiger charge is 2.32. The van der Waals surface area contributed by atoms with E-state index in [2.05, 4.69) is 6.07 Å². The zero-order valence-corrected chi connectivity index (χ0v) is 12.8. The number of carbonyl (C=O) groups excluding carboxylic acids is 1. The topological polar surface area (TPSA) is 53.3 Å². The van der Waals surface area contributed by atoms with E-state index in [0.717, 1.165) is 30.7 Å². The monoisotopic (exact) mass is 286 g/mol. The first-order valence-corrected chi connectivity index (χ1v) is 7.38. The molecule has 1 aromatic rings. The molecule has 0 N–H and O–H groups in total. The number of hydrogen-bond acceptors (Lipinski definition) is 3. The van der Waals surface area contributed by atoms with Gasteiger partial charge in [-0.05, 0) is 43.9 Å². The number of carbonyl (C=O) groups is 1. The number of nitriles is 1. The van der Waals surface area contributed by atoms with Crippen molar-refractivity contribution in [1.29, 1.82) is 5.26 Å². The summed E-state index contributed by atoms with van der Waals surface area (Å²) in [4.78, 5) is 14.2. The average Bonchev–Trinajstić information content (AvgIpc) is 2.53. The number of piperidine rings is 1. The van der Waals surface area contributed by atoms with E-state index < -0.39 is 0 Å². The quantitative estimate of drug-likeness (QED) is 0.855. The SMILES string of the molecule is COc1cccc(CCC(=O)N2CCC[C@](C)(C#N)C2)c1. The van der Waals surface area contributed by atoms with E-state index in [0.29, 0.717) is 19.4 Å². The molecule has 4 heteroatoms. The Labute approximate surface area is 126 Å². The van der Waals surface area contributed by atoms with E-state index in [4.69, 9.17) is 4.74 Å². The third-order valence-corrected chi connectivity index (χ3v) is 4.08. The first-order chi connectivity index (χ1) is 10.1. The number of rotatable bonds is 4. The van der Waals surface area contributed by atoms with Crippen LogP contribution in [0.5, 0.6) is 5.75 Å². The van der Waals surface area contributed by atoms with E-state index in [1.807, 2.05) is 36.1 Å². The minimum atomic E-state index is -0.385. The summed E-state index contributed by atoms with van der Waals surface area (Å²) >= 11 is 0. The molecule has 1 atom stereocenters. The van der Waals surface area contributed by atoms with Crippen molar-refractivity contribution in [2.75, 3.05) is 20.2 Å². The second-order valence-electron chi connectivity index (χ2n) is 5.94. The van der Waals surface area contributed by atoms with Crippen LogP contribution in [0.3, 0.4) is 0 Å². The first-order valence-electron chi connectivity index (χ1n) is 7.38. The second kappa shape index (κ2) is 6.62. The van der Waals surface area contributed by atoms with Gasteiger partial charge in [0.15, 0.2) is 0 Å². The minimum absolute atomic E-state index is 0.138. The lowest BCUT2D eigenvalue weighted by Gasteiger charge is -2.36. The molecule has 0 aromatic heterocycles. The lowest BCUT2D eigenvalue weighted by atomic mass is 9.83. The Bertz CT molecular complexity index is 550. The van der Waals surface area contributed by atoms with E-state index in [-0.39, 0.29) is 11.3 Å². The van der Waals surface area contributed by atoms with Crippen molar-refractivity contribution in [1.82, 2.24) is 4.90 Å². The normalized spacial score (nSPS) is 21.7. The summed E-state index contributed by atoms with van der Waals surface area (Å²) in [5.74, 6) is 0.953. The molecule has 112 valence electrons. The van der Waals surface area contributed by atoms with Gasteiger partial charge in [0.25, 0.3) is 0 Å². The molecule has 4 nitrogen and oxygen atoms in total. The van der Waals surface area contributed by atoms with Crippen LogP contribution in [0.1, 0.15) is 31.7 Å². The van der Waals surface area contributed by atoms with E-state index in [1.165, 1.54) is 0 Å². The van der Waals surface area contributed by atoms with Gasteiger partial charge in [0.2, 0.25) is 5.91 Å². The highest BCUT2D eigenvalue weighted by Crippen LogP contribution is 2.28. The zero-order valence-electron chi connectivity index (χ0n) is 12.8. The Balaban J connectivity index is 1.91. The van der Waals surface area contributed by atoms with E-state index in [1.54, 1.807) is 7.11 Å². The summed E-state index contributed by atoms with van der Waals surface area (Å²) in [5, 5.41) is 9.21. The highest BCUT2D eigenvalue weighted by molar-refractivity contribution is 5.76. The molecular weight excluding hydrogens is 264 g/mol. The summed E-state index contributed by atoms with van der Waals surface area (Å²) < 4.78 is 5.19. The summed E-state index contributed by atoms with van der Waals surface area (Å²) in [7, 11) is 1.64. The van der Waals surface area contributed by atoms with Crippen LogP contribution in [0.15, 0.2) is 24.3 Å². The Morgan fingerprint density at radius 2 is 2.33 bits per heavy atom. The maximum Gasteiger partial charge on any atom is 0.222 e. The molecule has 21 heavy (non-hydrogen) atoms. The van der Waals surface area contributed by atoms with Crippen LogP contribution in [0.25, 0.3) is 0 Å². The summed E-state index contributed by atoms with van der Waals surface area (Å²) in [5.41, 5.74) is 0.715. The van der Waals surface area contributed by atoms with Gasteiger partial charge < -0.3 is 9.64 Å². The number of hydrogen-bond donors (Lipinski definition) is 0. The van der Waals surface area contributed by atoms with Gasteiger partial charge in [-0.25, -0.2) is 0 Å². The molecule has 1 saturated heterocycles. The molecule has 1 aliphatic rings. The molecule has 1 fully saturated rings. The van der Waals surface area contributed by atoms with Gasteiger partial charge in [-0.15, -0.1) is 0 Å². The number of ether oxygens (including phenoxy) is 1. The molecule has 1 heterocycles. The standard InChI is InChI=1S/C17H22N2O2/c1-17(12-18)9-4-10-19(13-17)16(20)8-7-14-5-3-6-15(11-14)21-2/h3,5-6,11H,4,7-10,13H2,1-2H3/t17-/m1/s1. The Hall–Kier alpha value is -2.02. The Morgan fingerprint density at radius 1 is 1.52 bits per heavy atom. The van der Waals surface area contributed by atoms with Crippen LogP contribution in [0, 0.1) is 16.7 Å². The van der Waals surface area contributed by atoms with Crippen LogP contribution in [0.2, 0.25) is 0 Å². The van der Waals surface area contributed by atoms with Crippen molar-refractivity contribution in [3.63, 3.8) is 0 Å². The maximum atomic E-state index is 12.3. The van der Waals surface area contributed by atoms with Crippen LogP contribution in [0.4, 0.5) is 0 Å². The lowest BCUT2D eigenvalue weighted by molar-refractivity contribution is -0.133. The van der Waals surface area contributed by atoms with Crippen LogP contribution in [-0.2, 0) is 11.2 Å². The number of methoxy groups -OCH3 is 1. The molecule has 0 radical (unpaired) electrons. The molecule has 0 aliphatic carbocycles. The summed E-state index contributed by atoms with van der Waals surface area (Å²) in [6.07, 6.45) is 2.97.